The molecule has 0 atom stereocenters. The Bertz CT molecular complexity index is 873. The molecule has 34 heavy (non-hydrogen) atoms. The van der Waals surface area contributed by atoms with Crippen molar-refractivity contribution in [3.8, 4) is 5.75 Å². The highest BCUT2D eigenvalue weighted by atomic mass is 16.5. The maximum absolute atomic E-state index is 12.5. The van der Waals surface area contributed by atoms with Crippen LogP contribution in [-0.4, -0.2) is 34.5 Å². The molecule has 2 aromatic rings. The number of unbranched alkanes of at least 4 members (excludes halogenated alkanes) is 7. The van der Waals surface area contributed by atoms with Gasteiger partial charge in [-0.3, -0.25) is 9.59 Å². The summed E-state index contributed by atoms with van der Waals surface area (Å²) >= 11 is 0. The predicted octanol–water partition coefficient (Wildman–Crippen LogP) is 7.01. The highest BCUT2D eigenvalue weighted by molar-refractivity contribution is 6.09. The fraction of sp³-hybridized carbons (Fsp3) is 0.464. The molecule has 0 bridgehead atoms. The number of hydrogen-bond acceptors (Lipinski definition) is 4. The Morgan fingerprint density at radius 3 is 1.82 bits per heavy atom. The van der Waals surface area contributed by atoms with Gasteiger partial charge in [0.2, 0.25) is 0 Å². The molecule has 0 aliphatic heterocycles. The predicted molar refractivity (Wildman–Crippen MR) is 134 cm³/mol. The number of hydrogen-bond donors (Lipinski definition) is 2. The molecule has 0 amide bonds. The number of ketones is 1. The summed E-state index contributed by atoms with van der Waals surface area (Å²) in [5.41, 5.74) is 0.991. The molecule has 0 heterocycles. The van der Waals surface area contributed by atoms with Gasteiger partial charge in [0.25, 0.3) is 0 Å². The lowest BCUT2D eigenvalue weighted by Crippen LogP contribution is -2.04. The minimum atomic E-state index is -1.04. The second kappa shape index (κ2) is 17.3. The van der Waals surface area contributed by atoms with Gasteiger partial charge in [0, 0.05) is 17.5 Å². The largest absolute Gasteiger partial charge is 0.494 e. The second-order valence-corrected chi connectivity index (χ2v) is 8.21. The van der Waals surface area contributed by atoms with Crippen molar-refractivity contribution < 1.29 is 29.3 Å². The fourth-order valence-corrected chi connectivity index (χ4v) is 3.30. The first-order valence-electron chi connectivity index (χ1n) is 12.2. The molecule has 0 fully saturated rings. The van der Waals surface area contributed by atoms with Crippen molar-refractivity contribution in [3.05, 3.63) is 65.2 Å². The van der Waals surface area contributed by atoms with Crippen LogP contribution in [0.25, 0.3) is 0 Å². The van der Waals surface area contributed by atoms with Gasteiger partial charge in [-0.15, -0.1) is 0 Å². The third-order valence-corrected chi connectivity index (χ3v) is 5.22. The van der Waals surface area contributed by atoms with Gasteiger partial charge in [-0.1, -0.05) is 70.9 Å². The Morgan fingerprint density at radius 2 is 1.29 bits per heavy atom. The lowest BCUT2D eigenvalue weighted by atomic mass is 10.0. The van der Waals surface area contributed by atoms with Crippen LogP contribution in [0.3, 0.4) is 0 Å². The first kappa shape index (κ1) is 28.9. The Balaban J connectivity index is 0.000000852. The molecular formula is C28H38O6. The topological polar surface area (TPSA) is 101 Å². The van der Waals surface area contributed by atoms with Crippen LogP contribution in [0, 0.1) is 0 Å². The lowest BCUT2D eigenvalue weighted by molar-refractivity contribution is -0.137. The van der Waals surface area contributed by atoms with Crippen LogP contribution in [-0.2, 0) is 4.79 Å². The van der Waals surface area contributed by atoms with Crippen LogP contribution in [0.15, 0.2) is 48.5 Å². The van der Waals surface area contributed by atoms with E-state index in [0.29, 0.717) is 24.2 Å². The highest BCUT2D eigenvalue weighted by Crippen LogP contribution is 2.17. The summed E-state index contributed by atoms with van der Waals surface area (Å²) in [4.78, 5) is 33.2. The summed E-state index contributed by atoms with van der Waals surface area (Å²) in [5, 5.41) is 17.0. The normalized spacial score (nSPS) is 10.2. The summed E-state index contributed by atoms with van der Waals surface area (Å²) in [6.07, 6.45) is 11.1. The van der Waals surface area contributed by atoms with Crippen molar-refractivity contribution in [3.63, 3.8) is 0 Å². The molecule has 0 radical (unpaired) electrons. The summed E-state index contributed by atoms with van der Waals surface area (Å²) in [5.74, 6) is -1.20. The summed E-state index contributed by atoms with van der Waals surface area (Å²) < 4.78 is 5.75. The van der Waals surface area contributed by atoms with E-state index >= 15 is 0 Å². The molecule has 2 rings (SSSR count). The number of carboxylic acids is 2. The van der Waals surface area contributed by atoms with Crippen molar-refractivity contribution in [1.29, 1.82) is 0 Å². The average molecular weight is 471 g/mol. The van der Waals surface area contributed by atoms with Gasteiger partial charge < -0.3 is 14.9 Å². The van der Waals surface area contributed by atoms with E-state index in [2.05, 4.69) is 6.92 Å². The fourth-order valence-electron chi connectivity index (χ4n) is 3.30. The Morgan fingerprint density at radius 1 is 0.706 bits per heavy atom. The molecular weight excluding hydrogens is 432 g/mol. The summed E-state index contributed by atoms with van der Waals surface area (Å²) in [6, 6.07) is 13.1. The number of aliphatic carboxylic acids is 1. The van der Waals surface area contributed by atoms with Gasteiger partial charge >= 0.3 is 11.9 Å². The number of aromatic carboxylic acids is 1. The summed E-state index contributed by atoms with van der Waals surface area (Å²) in [7, 11) is 0. The zero-order valence-electron chi connectivity index (χ0n) is 20.4. The van der Waals surface area contributed by atoms with E-state index in [4.69, 9.17) is 14.9 Å². The van der Waals surface area contributed by atoms with Crippen LogP contribution in [0.1, 0.15) is 104 Å². The average Bonchev–Trinajstić information content (AvgIpc) is 2.83. The first-order chi connectivity index (χ1) is 16.4. The maximum Gasteiger partial charge on any atom is 0.335 e. The quantitative estimate of drug-likeness (QED) is 0.214. The zero-order chi connectivity index (χ0) is 25.2. The SMILES string of the molecule is CCCC(=O)O.CCCCCCCCCCOc1ccc(C(=O)c2cccc(C(=O)O)c2)cc1. The van der Waals surface area contributed by atoms with E-state index in [1.807, 2.05) is 6.92 Å². The Labute approximate surface area is 203 Å². The maximum atomic E-state index is 12.5. The van der Waals surface area contributed by atoms with Crippen LogP contribution in [0.5, 0.6) is 5.75 Å². The standard InChI is InChI=1S/C24H30O4.C4H8O2/c1-2-3-4-5-6-7-8-9-17-28-22-15-13-19(14-16-22)23(25)20-11-10-12-21(18-20)24(26)27;1-2-3-4(5)6/h10-16,18H,2-9,17H2,1H3,(H,26,27);2-3H2,1H3,(H,5,6). The van der Waals surface area contributed by atoms with Crippen LogP contribution in [0.2, 0.25) is 0 Å². The van der Waals surface area contributed by atoms with Crippen molar-refractivity contribution >= 4 is 17.7 Å². The van der Waals surface area contributed by atoms with Crippen molar-refractivity contribution in [2.45, 2.75) is 78.1 Å². The molecule has 2 N–H and O–H groups in total. The van der Waals surface area contributed by atoms with Crippen LogP contribution in [0.4, 0.5) is 0 Å². The van der Waals surface area contributed by atoms with Gasteiger partial charge in [0.15, 0.2) is 5.78 Å². The van der Waals surface area contributed by atoms with Gasteiger partial charge in [-0.25, -0.2) is 4.79 Å². The van der Waals surface area contributed by atoms with E-state index in [1.165, 1.54) is 57.1 Å². The smallest absolute Gasteiger partial charge is 0.335 e. The molecule has 0 aromatic heterocycles. The molecule has 0 spiro atoms. The summed E-state index contributed by atoms with van der Waals surface area (Å²) in [6.45, 7) is 4.76. The number of ether oxygens (including phenoxy) is 1. The molecule has 186 valence electrons. The van der Waals surface area contributed by atoms with Gasteiger partial charge in [0.05, 0.1) is 12.2 Å². The molecule has 0 saturated heterocycles. The van der Waals surface area contributed by atoms with Gasteiger partial charge in [-0.2, -0.15) is 0 Å². The second-order valence-electron chi connectivity index (χ2n) is 8.21. The molecule has 6 nitrogen and oxygen atoms in total. The van der Waals surface area contributed by atoms with E-state index in [-0.39, 0.29) is 11.3 Å². The number of carbonyl (C=O) groups is 3. The molecule has 0 aliphatic rings. The third kappa shape index (κ3) is 12.2. The Hall–Kier alpha value is -3.15. The first-order valence-corrected chi connectivity index (χ1v) is 12.2. The number of carbonyl (C=O) groups excluding carboxylic acids is 1. The lowest BCUT2D eigenvalue weighted by Gasteiger charge is -2.07. The number of rotatable bonds is 15. The van der Waals surface area contributed by atoms with Crippen LogP contribution < -0.4 is 4.74 Å². The Kier molecular flexibility index (Phi) is 14.7. The highest BCUT2D eigenvalue weighted by Gasteiger charge is 2.12. The van der Waals surface area contributed by atoms with E-state index in [9.17, 15) is 14.4 Å². The monoisotopic (exact) mass is 470 g/mol. The van der Waals surface area contributed by atoms with E-state index < -0.39 is 11.9 Å². The molecule has 0 aliphatic carbocycles. The molecule has 2 aromatic carbocycles. The number of benzene rings is 2. The van der Waals surface area contributed by atoms with Gasteiger partial charge in [-0.05, 0) is 49.2 Å². The van der Waals surface area contributed by atoms with Gasteiger partial charge in [0.1, 0.15) is 5.75 Å². The van der Waals surface area contributed by atoms with E-state index in [0.717, 1.165) is 18.6 Å². The molecule has 6 heteroatoms. The van der Waals surface area contributed by atoms with E-state index in [1.54, 1.807) is 36.4 Å². The van der Waals surface area contributed by atoms with Crippen molar-refractivity contribution in [1.82, 2.24) is 0 Å². The van der Waals surface area contributed by atoms with Crippen molar-refractivity contribution in [2.75, 3.05) is 6.61 Å². The van der Waals surface area contributed by atoms with Crippen molar-refractivity contribution in [2.24, 2.45) is 0 Å². The minimum Gasteiger partial charge on any atom is -0.494 e. The number of carboxylic acid groups (broad SMARTS) is 2. The zero-order valence-corrected chi connectivity index (χ0v) is 20.4. The molecule has 0 saturated carbocycles. The van der Waals surface area contributed by atoms with Crippen LogP contribution >= 0.6 is 0 Å². The third-order valence-electron chi connectivity index (χ3n) is 5.22. The minimum absolute atomic E-state index is 0.108. The molecule has 0 unspecified atom stereocenters.